The van der Waals surface area contributed by atoms with E-state index in [1.54, 1.807) is 12.1 Å². The molecule has 1 unspecified atom stereocenters. The van der Waals surface area contributed by atoms with Crippen LogP contribution in [0.2, 0.25) is 10.0 Å². The van der Waals surface area contributed by atoms with Gasteiger partial charge in [0.05, 0.1) is 12.1 Å². The van der Waals surface area contributed by atoms with Gasteiger partial charge in [-0.15, -0.1) is 11.6 Å². The molecule has 78 valence electrons. The Bertz CT molecular complexity index is 330. The van der Waals surface area contributed by atoms with Crippen molar-refractivity contribution in [2.75, 3.05) is 13.0 Å². The lowest BCUT2D eigenvalue weighted by molar-refractivity contribution is 0.407. The number of methoxy groups -OCH3 is 1. The smallest absolute Gasteiger partial charge is 0.142 e. The van der Waals surface area contributed by atoms with Crippen molar-refractivity contribution in [2.45, 2.75) is 6.04 Å². The zero-order chi connectivity index (χ0) is 10.7. The maximum Gasteiger partial charge on any atom is 0.142 e. The number of rotatable bonds is 3. The van der Waals surface area contributed by atoms with Gasteiger partial charge < -0.3 is 10.5 Å². The minimum Gasteiger partial charge on any atom is -0.495 e. The van der Waals surface area contributed by atoms with Gasteiger partial charge >= 0.3 is 0 Å². The molecule has 1 rings (SSSR count). The molecular formula is C9H10Cl3NO. The fourth-order valence-electron chi connectivity index (χ4n) is 1.15. The molecule has 14 heavy (non-hydrogen) atoms. The topological polar surface area (TPSA) is 35.2 Å². The van der Waals surface area contributed by atoms with Crippen LogP contribution in [0.25, 0.3) is 0 Å². The molecule has 1 aromatic carbocycles. The van der Waals surface area contributed by atoms with Crippen LogP contribution in [-0.4, -0.2) is 13.0 Å². The molecule has 0 saturated heterocycles. The zero-order valence-electron chi connectivity index (χ0n) is 7.56. The first-order chi connectivity index (χ1) is 6.60. The fraction of sp³-hybridized carbons (Fsp3) is 0.333. The van der Waals surface area contributed by atoms with Gasteiger partial charge in [-0.2, -0.15) is 0 Å². The summed E-state index contributed by atoms with van der Waals surface area (Å²) in [6, 6.07) is 2.98. The van der Waals surface area contributed by atoms with Crippen molar-refractivity contribution in [1.82, 2.24) is 0 Å². The highest BCUT2D eigenvalue weighted by Crippen LogP contribution is 2.35. The number of hydrogen-bond acceptors (Lipinski definition) is 2. The van der Waals surface area contributed by atoms with Crippen LogP contribution < -0.4 is 10.5 Å². The Morgan fingerprint density at radius 3 is 2.57 bits per heavy atom. The Labute approximate surface area is 97.9 Å². The van der Waals surface area contributed by atoms with E-state index in [1.165, 1.54) is 7.11 Å². The van der Waals surface area contributed by atoms with Gasteiger partial charge in [-0.1, -0.05) is 23.2 Å². The molecule has 2 N–H and O–H groups in total. The van der Waals surface area contributed by atoms with E-state index in [0.717, 1.165) is 5.56 Å². The van der Waals surface area contributed by atoms with Gasteiger partial charge in [0.1, 0.15) is 5.75 Å². The summed E-state index contributed by atoms with van der Waals surface area (Å²) in [7, 11) is 1.53. The van der Waals surface area contributed by atoms with Crippen molar-refractivity contribution in [1.29, 1.82) is 0 Å². The number of alkyl halides is 1. The fourth-order valence-corrected chi connectivity index (χ4v) is 1.91. The molecule has 0 aliphatic carbocycles. The molecule has 0 heterocycles. The maximum absolute atomic E-state index is 5.93. The molecule has 1 atom stereocenters. The normalized spacial score (nSPS) is 12.6. The standard InChI is InChI=1S/C9H10Cl3NO/c1-14-9-6(8(13)4-10)2-5(11)3-7(9)12/h2-3,8H,4,13H2,1H3. The second-order valence-electron chi connectivity index (χ2n) is 2.77. The molecule has 0 aliphatic rings. The molecule has 0 fully saturated rings. The average molecular weight is 255 g/mol. The maximum atomic E-state index is 5.93. The van der Waals surface area contributed by atoms with Gasteiger partial charge in [-0.05, 0) is 12.1 Å². The van der Waals surface area contributed by atoms with Crippen LogP contribution in [0.15, 0.2) is 12.1 Å². The Morgan fingerprint density at radius 1 is 1.43 bits per heavy atom. The predicted molar refractivity (Wildman–Crippen MR) is 60.7 cm³/mol. The van der Waals surface area contributed by atoms with E-state index < -0.39 is 0 Å². The summed E-state index contributed by atoms with van der Waals surface area (Å²) < 4.78 is 5.12. The Morgan fingerprint density at radius 2 is 2.07 bits per heavy atom. The summed E-state index contributed by atoms with van der Waals surface area (Å²) in [5.74, 6) is 0.816. The van der Waals surface area contributed by atoms with Gasteiger partial charge in [0.2, 0.25) is 0 Å². The highest BCUT2D eigenvalue weighted by molar-refractivity contribution is 6.35. The minimum absolute atomic E-state index is 0.285. The first kappa shape index (κ1) is 11.9. The molecule has 0 aliphatic heterocycles. The third-order valence-corrected chi connectivity index (χ3v) is 2.64. The number of nitrogens with two attached hydrogens (primary N) is 1. The van der Waals surface area contributed by atoms with Crippen molar-refractivity contribution < 1.29 is 4.74 Å². The van der Waals surface area contributed by atoms with Gasteiger partial charge in [0.25, 0.3) is 0 Å². The van der Waals surface area contributed by atoms with Crippen molar-refractivity contribution in [3.63, 3.8) is 0 Å². The Balaban J connectivity index is 3.24. The summed E-state index contributed by atoms with van der Waals surface area (Å²) in [5.41, 5.74) is 6.50. The van der Waals surface area contributed by atoms with Crippen molar-refractivity contribution in [2.24, 2.45) is 5.73 Å². The van der Waals surface area contributed by atoms with Crippen LogP contribution in [0.4, 0.5) is 0 Å². The lowest BCUT2D eigenvalue weighted by Crippen LogP contribution is -2.13. The molecule has 2 nitrogen and oxygen atoms in total. The van der Waals surface area contributed by atoms with Gasteiger partial charge in [0, 0.05) is 22.5 Å². The van der Waals surface area contributed by atoms with Crippen LogP contribution in [0.3, 0.4) is 0 Å². The van der Waals surface area contributed by atoms with E-state index in [0.29, 0.717) is 15.8 Å². The number of ether oxygens (including phenoxy) is 1. The summed E-state index contributed by atoms with van der Waals surface area (Å²) in [6.45, 7) is 0. The molecule has 0 bridgehead atoms. The van der Waals surface area contributed by atoms with Crippen LogP contribution >= 0.6 is 34.8 Å². The minimum atomic E-state index is -0.331. The van der Waals surface area contributed by atoms with E-state index in [-0.39, 0.29) is 11.9 Å². The molecule has 5 heteroatoms. The Hall–Kier alpha value is -0.150. The average Bonchev–Trinajstić information content (AvgIpc) is 2.15. The summed E-state index contributed by atoms with van der Waals surface area (Å²) >= 11 is 17.4. The lowest BCUT2D eigenvalue weighted by atomic mass is 10.1. The van der Waals surface area contributed by atoms with Gasteiger partial charge in [0.15, 0.2) is 0 Å². The van der Waals surface area contributed by atoms with E-state index in [9.17, 15) is 0 Å². The SMILES string of the molecule is COc1c(Cl)cc(Cl)cc1C(N)CCl. The monoisotopic (exact) mass is 253 g/mol. The molecule has 0 radical (unpaired) electrons. The number of benzene rings is 1. The quantitative estimate of drug-likeness (QED) is 0.841. The van der Waals surface area contributed by atoms with Crippen LogP contribution in [0, 0.1) is 0 Å². The summed E-state index contributed by atoms with van der Waals surface area (Å²) in [5, 5.41) is 0.960. The zero-order valence-corrected chi connectivity index (χ0v) is 9.83. The molecule has 0 aromatic heterocycles. The van der Waals surface area contributed by atoms with Crippen molar-refractivity contribution >= 4 is 34.8 Å². The number of hydrogen-bond donors (Lipinski definition) is 1. The highest BCUT2D eigenvalue weighted by Gasteiger charge is 2.15. The third-order valence-electron chi connectivity index (χ3n) is 1.81. The molecule has 1 aromatic rings. The van der Waals surface area contributed by atoms with Crippen LogP contribution in [-0.2, 0) is 0 Å². The lowest BCUT2D eigenvalue weighted by Gasteiger charge is -2.14. The molecule has 0 spiro atoms. The highest BCUT2D eigenvalue weighted by atomic mass is 35.5. The van der Waals surface area contributed by atoms with Crippen LogP contribution in [0.1, 0.15) is 11.6 Å². The van der Waals surface area contributed by atoms with Gasteiger partial charge in [-0.25, -0.2) is 0 Å². The Kier molecular flexibility index (Phi) is 4.32. The van der Waals surface area contributed by atoms with Crippen molar-refractivity contribution in [3.05, 3.63) is 27.7 Å². The predicted octanol–water partition coefficient (Wildman–Crippen LogP) is 3.24. The largest absolute Gasteiger partial charge is 0.495 e. The second kappa shape index (κ2) is 5.08. The second-order valence-corrected chi connectivity index (χ2v) is 3.92. The molecular weight excluding hydrogens is 244 g/mol. The van der Waals surface area contributed by atoms with E-state index in [4.69, 9.17) is 45.3 Å². The van der Waals surface area contributed by atoms with E-state index in [2.05, 4.69) is 0 Å². The molecule has 0 amide bonds. The summed E-state index contributed by atoms with van der Waals surface area (Å²) in [6.07, 6.45) is 0. The first-order valence-electron chi connectivity index (χ1n) is 3.94. The first-order valence-corrected chi connectivity index (χ1v) is 5.23. The third kappa shape index (κ3) is 2.45. The summed E-state index contributed by atoms with van der Waals surface area (Å²) in [4.78, 5) is 0. The molecule has 0 saturated carbocycles. The number of halogens is 3. The van der Waals surface area contributed by atoms with Gasteiger partial charge in [-0.3, -0.25) is 0 Å². The van der Waals surface area contributed by atoms with E-state index in [1.807, 2.05) is 0 Å². The van der Waals surface area contributed by atoms with E-state index >= 15 is 0 Å². The van der Waals surface area contributed by atoms with Crippen LogP contribution in [0.5, 0.6) is 5.75 Å². The van der Waals surface area contributed by atoms with Crippen molar-refractivity contribution in [3.8, 4) is 5.75 Å².